The summed E-state index contributed by atoms with van der Waals surface area (Å²) in [6.45, 7) is 2.24. The van der Waals surface area contributed by atoms with Crippen LogP contribution in [-0.2, 0) is 9.84 Å². The van der Waals surface area contributed by atoms with E-state index in [1.165, 1.54) is 44.8 Å². The number of hydrogen-bond acceptors (Lipinski definition) is 4. The second-order valence-electron chi connectivity index (χ2n) is 5.76. The molecular weight excluding hydrogens is 248 g/mol. The molecule has 1 aliphatic rings. The summed E-state index contributed by atoms with van der Waals surface area (Å²) in [6, 6.07) is 0.155. The van der Waals surface area contributed by atoms with Crippen molar-refractivity contribution in [2.75, 3.05) is 12.0 Å². The smallest absolute Gasteiger partial charge is 0.147 e. The lowest BCUT2D eigenvalue weighted by atomic mass is 9.76. The Morgan fingerprint density at radius 1 is 1.28 bits per heavy atom. The van der Waals surface area contributed by atoms with Crippen LogP contribution in [0.2, 0.25) is 0 Å². The van der Waals surface area contributed by atoms with Crippen molar-refractivity contribution in [2.45, 2.75) is 57.9 Å². The fourth-order valence-electron chi connectivity index (χ4n) is 3.08. The Kier molecular flexibility index (Phi) is 6.60. The number of sulfone groups is 1. The monoisotopic (exact) mass is 276 g/mol. The van der Waals surface area contributed by atoms with E-state index in [1.807, 2.05) is 0 Å². The SMILES string of the molecule is CCCC1CCC(C(CCS(C)(=O)=O)NN)CC1. The van der Waals surface area contributed by atoms with Crippen LogP contribution >= 0.6 is 0 Å². The van der Waals surface area contributed by atoms with Gasteiger partial charge < -0.3 is 0 Å². The Bertz CT molecular complexity index is 322. The van der Waals surface area contributed by atoms with Crippen molar-refractivity contribution in [3.8, 4) is 0 Å². The minimum absolute atomic E-state index is 0.155. The molecular formula is C13H28N2O2S. The zero-order chi connectivity index (χ0) is 13.6. The Morgan fingerprint density at radius 2 is 1.89 bits per heavy atom. The molecule has 0 heterocycles. The molecule has 108 valence electrons. The van der Waals surface area contributed by atoms with E-state index in [9.17, 15) is 8.42 Å². The summed E-state index contributed by atoms with van der Waals surface area (Å²) >= 11 is 0. The number of hydrogen-bond donors (Lipinski definition) is 2. The average molecular weight is 276 g/mol. The third kappa shape index (κ3) is 5.67. The molecule has 0 radical (unpaired) electrons. The fourth-order valence-corrected chi connectivity index (χ4v) is 3.77. The van der Waals surface area contributed by atoms with Gasteiger partial charge in [-0.1, -0.05) is 32.6 Å². The van der Waals surface area contributed by atoms with Crippen LogP contribution in [0.25, 0.3) is 0 Å². The summed E-state index contributed by atoms with van der Waals surface area (Å²) in [5.74, 6) is 7.24. The molecule has 3 N–H and O–H groups in total. The van der Waals surface area contributed by atoms with Gasteiger partial charge in [0.1, 0.15) is 9.84 Å². The molecule has 0 aromatic carbocycles. The Balaban J connectivity index is 2.38. The van der Waals surface area contributed by atoms with Crippen molar-refractivity contribution < 1.29 is 8.42 Å². The van der Waals surface area contributed by atoms with Crippen molar-refractivity contribution >= 4 is 9.84 Å². The second kappa shape index (κ2) is 7.46. The number of hydrazine groups is 1. The summed E-state index contributed by atoms with van der Waals surface area (Å²) < 4.78 is 22.4. The standard InChI is InChI=1S/C13H28N2O2S/c1-3-4-11-5-7-12(8-6-11)13(15-14)9-10-18(2,16)17/h11-13,15H,3-10,14H2,1-2H3. The van der Waals surface area contributed by atoms with E-state index >= 15 is 0 Å². The molecule has 0 bridgehead atoms. The second-order valence-corrected chi connectivity index (χ2v) is 8.02. The predicted octanol–water partition coefficient (Wildman–Crippen LogP) is 1.86. The zero-order valence-electron chi connectivity index (χ0n) is 11.7. The number of nitrogens with one attached hydrogen (secondary N) is 1. The van der Waals surface area contributed by atoms with E-state index in [1.54, 1.807) is 0 Å². The summed E-state index contributed by atoms with van der Waals surface area (Å²) in [7, 11) is -2.88. The predicted molar refractivity (Wildman–Crippen MR) is 75.8 cm³/mol. The minimum Gasteiger partial charge on any atom is -0.271 e. The summed E-state index contributed by atoms with van der Waals surface area (Å²) in [5.41, 5.74) is 2.83. The van der Waals surface area contributed by atoms with Gasteiger partial charge in [-0.3, -0.25) is 11.3 Å². The number of rotatable bonds is 7. The summed E-state index contributed by atoms with van der Waals surface area (Å²) in [6.07, 6.45) is 9.44. The first-order valence-electron chi connectivity index (χ1n) is 7.10. The molecule has 0 aromatic rings. The third-order valence-electron chi connectivity index (χ3n) is 4.17. The molecule has 0 spiro atoms. The molecule has 0 aromatic heterocycles. The molecule has 1 aliphatic carbocycles. The van der Waals surface area contributed by atoms with E-state index in [4.69, 9.17) is 5.84 Å². The first kappa shape index (κ1) is 15.9. The van der Waals surface area contributed by atoms with E-state index < -0.39 is 9.84 Å². The minimum atomic E-state index is -2.88. The van der Waals surface area contributed by atoms with Gasteiger partial charge in [0.25, 0.3) is 0 Å². The van der Waals surface area contributed by atoms with Gasteiger partial charge in [-0.25, -0.2) is 8.42 Å². The van der Waals surface area contributed by atoms with E-state index in [2.05, 4.69) is 12.3 Å². The highest BCUT2D eigenvalue weighted by Crippen LogP contribution is 2.33. The first-order chi connectivity index (χ1) is 8.46. The molecule has 1 unspecified atom stereocenters. The van der Waals surface area contributed by atoms with Crippen LogP contribution in [0.15, 0.2) is 0 Å². The fraction of sp³-hybridized carbons (Fsp3) is 1.00. The maximum absolute atomic E-state index is 11.2. The van der Waals surface area contributed by atoms with Crippen molar-refractivity contribution in [1.82, 2.24) is 5.43 Å². The largest absolute Gasteiger partial charge is 0.271 e. The molecule has 4 nitrogen and oxygen atoms in total. The van der Waals surface area contributed by atoms with Gasteiger partial charge in [-0.15, -0.1) is 0 Å². The first-order valence-corrected chi connectivity index (χ1v) is 9.16. The van der Waals surface area contributed by atoms with Crippen LogP contribution in [0.5, 0.6) is 0 Å². The van der Waals surface area contributed by atoms with Crippen molar-refractivity contribution in [3.63, 3.8) is 0 Å². The maximum Gasteiger partial charge on any atom is 0.147 e. The maximum atomic E-state index is 11.2. The van der Waals surface area contributed by atoms with Gasteiger partial charge in [-0.05, 0) is 31.1 Å². The Morgan fingerprint density at radius 3 is 2.33 bits per heavy atom. The molecule has 18 heavy (non-hydrogen) atoms. The quantitative estimate of drug-likeness (QED) is 0.550. The third-order valence-corrected chi connectivity index (χ3v) is 5.15. The van der Waals surface area contributed by atoms with Gasteiger partial charge in [0.05, 0.1) is 5.75 Å². The van der Waals surface area contributed by atoms with Crippen LogP contribution in [0, 0.1) is 11.8 Å². The highest BCUT2D eigenvalue weighted by atomic mass is 32.2. The zero-order valence-corrected chi connectivity index (χ0v) is 12.5. The molecule has 5 heteroatoms. The van der Waals surface area contributed by atoms with Gasteiger partial charge in [-0.2, -0.15) is 0 Å². The van der Waals surface area contributed by atoms with E-state index in [-0.39, 0.29) is 11.8 Å². The van der Waals surface area contributed by atoms with Crippen molar-refractivity contribution in [2.24, 2.45) is 17.7 Å². The Hall–Kier alpha value is -0.130. The highest BCUT2D eigenvalue weighted by Gasteiger charge is 2.27. The van der Waals surface area contributed by atoms with E-state index in [0.717, 1.165) is 5.92 Å². The van der Waals surface area contributed by atoms with Gasteiger partial charge >= 0.3 is 0 Å². The number of nitrogens with two attached hydrogens (primary N) is 1. The average Bonchev–Trinajstić information content (AvgIpc) is 2.31. The van der Waals surface area contributed by atoms with Crippen LogP contribution in [0.3, 0.4) is 0 Å². The van der Waals surface area contributed by atoms with Crippen molar-refractivity contribution in [3.05, 3.63) is 0 Å². The van der Waals surface area contributed by atoms with Crippen LogP contribution in [-0.4, -0.2) is 26.5 Å². The molecule has 1 saturated carbocycles. The van der Waals surface area contributed by atoms with Gasteiger partial charge in [0.15, 0.2) is 0 Å². The topological polar surface area (TPSA) is 72.2 Å². The molecule has 0 saturated heterocycles. The van der Waals surface area contributed by atoms with Crippen LogP contribution in [0.1, 0.15) is 51.9 Å². The molecule has 1 atom stereocenters. The lowest BCUT2D eigenvalue weighted by Crippen LogP contribution is -2.43. The molecule has 0 aliphatic heterocycles. The van der Waals surface area contributed by atoms with Gasteiger partial charge in [0.2, 0.25) is 0 Å². The van der Waals surface area contributed by atoms with Crippen LogP contribution < -0.4 is 11.3 Å². The van der Waals surface area contributed by atoms with Gasteiger partial charge in [0, 0.05) is 12.3 Å². The molecule has 1 rings (SSSR count). The molecule has 0 amide bonds. The summed E-state index contributed by atoms with van der Waals surface area (Å²) in [4.78, 5) is 0. The molecule has 1 fully saturated rings. The lowest BCUT2D eigenvalue weighted by molar-refractivity contribution is 0.211. The summed E-state index contributed by atoms with van der Waals surface area (Å²) in [5, 5.41) is 0. The normalized spacial score (nSPS) is 27.1. The van der Waals surface area contributed by atoms with Crippen LogP contribution in [0.4, 0.5) is 0 Å². The van der Waals surface area contributed by atoms with E-state index in [0.29, 0.717) is 12.3 Å². The van der Waals surface area contributed by atoms with Crippen molar-refractivity contribution in [1.29, 1.82) is 0 Å². The highest BCUT2D eigenvalue weighted by molar-refractivity contribution is 7.90. The lowest BCUT2D eigenvalue weighted by Gasteiger charge is -2.33. The Labute approximate surface area is 112 Å².